The minimum Gasteiger partial charge on any atom is -0.484 e. The van der Waals surface area contributed by atoms with Crippen molar-refractivity contribution in [1.29, 1.82) is 0 Å². The number of piperazine rings is 1. The average molecular weight is 290 g/mol. The van der Waals surface area contributed by atoms with Gasteiger partial charge in [-0.05, 0) is 18.6 Å². The highest BCUT2D eigenvalue weighted by Crippen LogP contribution is 2.16. The van der Waals surface area contributed by atoms with Gasteiger partial charge in [0.2, 0.25) is 5.91 Å². The zero-order valence-electron chi connectivity index (χ0n) is 12.7. The summed E-state index contributed by atoms with van der Waals surface area (Å²) in [7, 11) is 0. The number of amides is 2. The second kappa shape index (κ2) is 7.11. The third kappa shape index (κ3) is 3.97. The van der Waals surface area contributed by atoms with Crippen LogP contribution in [-0.2, 0) is 9.59 Å². The molecule has 0 aliphatic carbocycles. The van der Waals surface area contributed by atoms with E-state index in [1.807, 2.05) is 43.0 Å². The van der Waals surface area contributed by atoms with Crippen molar-refractivity contribution in [2.24, 2.45) is 0 Å². The lowest BCUT2D eigenvalue weighted by molar-refractivity contribution is -0.140. The van der Waals surface area contributed by atoms with Crippen LogP contribution >= 0.6 is 0 Å². The molecule has 1 aromatic carbocycles. The number of rotatable bonds is 4. The van der Waals surface area contributed by atoms with Crippen LogP contribution in [-0.4, -0.2) is 54.4 Å². The normalized spacial score (nSPS) is 15.0. The van der Waals surface area contributed by atoms with Gasteiger partial charge in [-0.3, -0.25) is 9.59 Å². The lowest BCUT2D eigenvalue weighted by Crippen LogP contribution is -2.51. The van der Waals surface area contributed by atoms with E-state index < -0.39 is 0 Å². The van der Waals surface area contributed by atoms with Gasteiger partial charge in [-0.25, -0.2) is 0 Å². The summed E-state index contributed by atoms with van der Waals surface area (Å²) in [4.78, 5) is 27.3. The Morgan fingerprint density at radius 2 is 1.62 bits per heavy atom. The Morgan fingerprint density at radius 3 is 2.19 bits per heavy atom. The van der Waals surface area contributed by atoms with Crippen molar-refractivity contribution in [2.45, 2.75) is 20.3 Å². The summed E-state index contributed by atoms with van der Waals surface area (Å²) in [5.74, 6) is 0.866. The van der Waals surface area contributed by atoms with Gasteiger partial charge >= 0.3 is 0 Å². The molecule has 0 atom stereocenters. The molecule has 1 fully saturated rings. The Labute approximate surface area is 125 Å². The molecule has 0 radical (unpaired) electrons. The van der Waals surface area contributed by atoms with E-state index in [0.717, 1.165) is 11.3 Å². The molecule has 21 heavy (non-hydrogen) atoms. The molecular formula is C16H22N2O3. The van der Waals surface area contributed by atoms with Crippen LogP contribution in [0.15, 0.2) is 24.3 Å². The van der Waals surface area contributed by atoms with Gasteiger partial charge in [0.25, 0.3) is 5.91 Å². The predicted octanol–water partition coefficient (Wildman–Crippen LogP) is 1.45. The lowest BCUT2D eigenvalue weighted by Gasteiger charge is -2.34. The minimum atomic E-state index is -0.0261. The number of ether oxygens (including phenoxy) is 1. The third-order valence-corrected chi connectivity index (χ3v) is 3.73. The molecule has 5 heteroatoms. The van der Waals surface area contributed by atoms with Crippen molar-refractivity contribution in [2.75, 3.05) is 32.8 Å². The molecule has 0 N–H and O–H groups in total. The van der Waals surface area contributed by atoms with Gasteiger partial charge < -0.3 is 14.5 Å². The molecule has 5 nitrogen and oxygen atoms in total. The monoisotopic (exact) mass is 290 g/mol. The molecule has 1 saturated heterocycles. The SMILES string of the molecule is CCC(=O)N1CCN(C(=O)COc2ccccc2C)CC1. The van der Waals surface area contributed by atoms with Crippen LogP contribution in [0.25, 0.3) is 0 Å². The fourth-order valence-electron chi connectivity index (χ4n) is 2.38. The van der Waals surface area contributed by atoms with E-state index in [4.69, 9.17) is 4.74 Å². The maximum absolute atomic E-state index is 12.1. The highest BCUT2D eigenvalue weighted by Gasteiger charge is 2.23. The van der Waals surface area contributed by atoms with Crippen molar-refractivity contribution in [3.8, 4) is 5.75 Å². The van der Waals surface area contributed by atoms with Gasteiger partial charge in [-0.1, -0.05) is 25.1 Å². The van der Waals surface area contributed by atoms with E-state index in [9.17, 15) is 9.59 Å². The van der Waals surface area contributed by atoms with Crippen molar-refractivity contribution >= 4 is 11.8 Å². The number of benzene rings is 1. The summed E-state index contributed by atoms with van der Waals surface area (Å²) in [6.45, 7) is 6.26. The number of aryl methyl sites for hydroxylation is 1. The first kappa shape index (κ1) is 15.4. The smallest absolute Gasteiger partial charge is 0.260 e. The molecule has 2 rings (SSSR count). The molecule has 0 bridgehead atoms. The zero-order valence-corrected chi connectivity index (χ0v) is 12.7. The van der Waals surface area contributed by atoms with E-state index >= 15 is 0 Å². The molecule has 1 aromatic rings. The van der Waals surface area contributed by atoms with E-state index in [1.54, 1.807) is 4.90 Å². The van der Waals surface area contributed by atoms with Crippen LogP contribution < -0.4 is 4.74 Å². The Morgan fingerprint density at radius 1 is 1.05 bits per heavy atom. The second-order valence-electron chi connectivity index (χ2n) is 5.17. The Hall–Kier alpha value is -2.04. The van der Waals surface area contributed by atoms with Crippen LogP contribution in [0.1, 0.15) is 18.9 Å². The van der Waals surface area contributed by atoms with E-state index in [0.29, 0.717) is 32.6 Å². The first-order valence-corrected chi connectivity index (χ1v) is 7.35. The van der Waals surface area contributed by atoms with Crippen LogP contribution in [0.4, 0.5) is 0 Å². The van der Waals surface area contributed by atoms with Gasteiger partial charge in [0, 0.05) is 32.6 Å². The van der Waals surface area contributed by atoms with E-state index in [2.05, 4.69) is 0 Å². The Balaban J connectivity index is 1.80. The number of carbonyl (C=O) groups is 2. The van der Waals surface area contributed by atoms with Crippen molar-refractivity contribution in [3.05, 3.63) is 29.8 Å². The largest absolute Gasteiger partial charge is 0.484 e. The van der Waals surface area contributed by atoms with E-state index in [1.165, 1.54) is 0 Å². The molecule has 1 heterocycles. The number of nitrogens with zero attached hydrogens (tertiary/aromatic N) is 2. The quantitative estimate of drug-likeness (QED) is 0.843. The van der Waals surface area contributed by atoms with Crippen LogP contribution in [0.5, 0.6) is 5.75 Å². The summed E-state index contributed by atoms with van der Waals surface area (Å²) in [5.41, 5.74) is 1.02. The van der Waals surface area contributed by atoms with Gasteiger partial charge in [0.15, 0.2) is 6.61 Å². The molecule has 0 aromatic heterocycles. The van der Waals surface area contributed by atoms with Crippen molar-refractivity contribution < 1.29 is 14.3 Å². The van der Waals surface area contributed by atoms with Gasteiger partial charge in [-0.2, -0.15) is 0 Å². The summed E-state index contributed by atoms with van der Waals surface area (Å²) in [5, 5.41) is 0. The van der Waals surface area contributed by atoms with Gasteiger partial charge in [0.05, 0.1) is 0 Å². The van der Waals surface area contributed by atoms with Crippen molar-refractivity contribution in [1.82, 2.24) is 9.80 Å². The summed E-state index contributed by atoms with van der Waals surface area (Å²) < 4.78 is 5.58. The molecule has 1 aliphatic rings. The summed E-state index contributed by atoms with van der Waals surface area (Å²) in [6, 6.07) is 7.64. The van der Waals surface area contributed by atoms with Crippen molar-refractivity contribution in [3.63, 3.8) is 0 Å². The Bertz CT molecular complexity index is 508. The predicted molar refractivity (Wildman–Crippen MR) is 80.1 cm³/mol. The molecule has 0 spiro atoms. The fraction of sp³-hybridized carbons (Fsp3) is 0.500. The summed E-state index contributed by atoms with van der Waals surface area (Å²) in [6.07, 6.45) is 0.518. The van der Waals surface area contributed by atoms with Crippen LogP contribution in [0, 0.1) is 6.92 Å². The van der Waals surface area contributed by atoms with E-state index in [-0.39, 0.29) is 18.4 Å². The highest BCUT2D eigenvalue weighted by atomic mass is 16.5. The van der Waals surface area contributed by atoms with Gasteiger partial charge in [-0.15, -0.1) is 0 Å². The number of para-hydroxylation sites is 1. The molecular weight excluding hydrogens is 268 g/mol. The fourth-order valence-corrected chi connectivity index (χ4v) is 2.38. The lowest BCUT2D eigenvalue weighted by atomic mass is 10.2. The number of hydrogen-bond acceptors (Lipinski definition) is 3. The minimum absolute atomic E-state index is 0.0261. The second-order valence-corrected chi connectivity index (χ2v) is 5.17. The average Bonchev–Trinajstić information content (AvgIpc) is 2.53. The number of carbonyl (C=O) groups excluding carboxylic acids is 2. The highest BCUT2D eigenvalue weighted by molar-refractivity contribution is 5.79. The first-order chi connectivity index (χ1) is 10.1. The summed E-state index contributed by atoms with van der Waals surface area (Å²) >= 11 is 0. The first-order valence-electron chi connectivity index (χ1n) is 7.35. The molecule has 1 aliphatic heterocycles. The number of hydrogen-bond donors (Lipinski definition) is 0. The molecule has 0 saturated carbocycles. The third-order valence-electron chi connectivity index (χ3n) is 3.73. The maximum atomic E-state index is 12.1. The molecule has 114 valence electrons. The topological polar surface area (TPSA) is 49.9 Å². The van der Waals surface area contributed by atoms with Crippen LogP contribution in [0.3, 0.4) is 0 Å². The Kier molecular flexibility index (Phi) is 5.20. The standard InChI is InChI=1S/C16H22N2O3/c1-3-15(19)17-8-10-18(11-9-17)16(20)12-21-14-7-5-4-6-13(14)2/h4-7H,3,8-12H2,1-2H3. The van der Waals surface area contributed by atoms with Gasteiger partial charge in [0.1, 0.15) is 5.75 Å². The molecule has 0 unspecified atom stereocenters. The zero-order chi connectivity index (χ0) is 15.2. The maximum Gasteiger partial charge on any atom is 0.260 e. The van der Waals surface area contributed by atoms with Crippen LogP contribution in [0.2, 0.25) is 0 Å². The molecule has 2 amide bonds.